The minimum absolute atomic E-state index is 0.00111. The summed E-state index contributed by atoms with van der Waals surface area (Å²) in [5, 5.41) is 0. The molecule has 1 heterocycles. The molecule has 3 heteroatoms. The molecule has 0 radical (unpaired) electrons. The highest BCUT2D eigenvalue weighted by Gasteiger charge is 2.25. The van der Waals surface area contributed by atoms with Crippen LogP contribution in [0.5, 0.6) is 0 Å². The van der Waals surface area contributed by atoms with Crippen LogP contribution in [0.1, 0.15) is 30.1 Å². The predicted molar refractivity (Wildman–Crippen MR) is 68.7 cm³/mol. The summed E-state index contributed by atoms with van der Waals surface area (Å²) in [6.45, 7) is 4.11. The lowest BCUT2D eigenvalue weighted by Crippen LogP contribution is -2.36. The number of likely N-dealkylation sites (tertiary alicyclic amines) is 1. The van der Waals surface area contributed by atoms with Gasteiger partial charge in [-0.2, -0.15) is 0 Å². The Labute approximate surface area is 105 Å². The fourth-order valence-electron chi connectivity index (χ4n) is 2.18. The molecule has 0 aliphatic carbocycles. The van der Waals surface area contributed by atoms with Crippen molar-refractivity contribution in [1.82, 2.24) is 4.90 Å². The van der Waals surface area contributed by atoms with Gasteiger partial charge in [0.05, 0.1) is 6.04 Å². The van der Waals surface area contributed by atoms with E-state index in [4.69, 9.17) is 0 Å². The summed E-state index contributed by atoms with van der Waals surface area (Å²) in [7, 11) is 0. The molecule has 1 atom stereocenters. The molecule has 0 aromatic heterocycles. The molecule has 0 spiro atoms. The van der Waals surface area contributed by atoms with Gasteiger partial charge in [-0.15, -0.1) is 0 Å². The van der Waals surface area contributed by atoms with Crippen molar-refractivity contribution < 1.29 is 4.79 Å². The second-order valence-electron chi connectivity index (χ2n) is 4.26. The normalized spacial score (nSPS) is 18.6. The number of hydrogen-bond acceptors (Lipinski definition) is 2. The Hall–Kier alpha value is -0.670. The molecule has 2 rings (SSSR count). The van der Waals surface area contributed by atoms with Crippen LogP contribution in [0.25, 0.3) is 0 Å². The van der Waals surface area contributed by atoms with Gasteiger partial charge in [-0.25, -0.2) is 0 Å². The molecule has 1 aliphatic rings. The van der Waals surface area contributed by atoms with Crippen LogP contribution in [0, 0.1) is 0 Å². The van der Waals surface area contributed by atoms with E-state index in [-0.39, 0.29) is 11.8 Å². The smallest absolute Gasteiger partial charge is 0.180 e. The van der Waals surface area contributed by atoms with Crippen LogP contribution in [0.3, 0.4) is 0 Å². The largest absolute Gasteiger partial charge is 0.294 e. The summed E-state index contributed by atoms with van der Waals surface area (Å²) < 4.78 is 0.894. The Morgan fingerprint density at radius 3 is 2.56 bits per heavy atom. The molecule has 1 aliphatic heterocycles. The van der Waals surface area contributed by atoms with Gasteiger partial charge in [0.2, 0.25) is 0 Å². The van der Waals surface area contributed by atoms with Crippen LogP contribution in [0.15, 0.2) is 28.7 Å². The fourth-order valence-corrected chi connectivity index (χ4v) is 2.66. The van der Waals surface area contributed by atoms with E-state index < -0.39 is 0 Å². The predicted octanol–water partition coefficient (Wildman–Crippen LogP) is 3.12. The van der Waals surface area contributed by atoms with Crippen LogP contribution in [-0.4, -0.2) is 29.8 Å². The van der Waals surface area contributed by atoms with Crippen molar-refractivity contribution in [1.29, 1.82) is 0 Å². The van der Waals surface area contributed by atoms with Crippen LogP contribution < -0.4 is 0 Å². The molecule has 16 heavy (non-hydrogen) atoms. The summed E-state index contributed by atoms with van der Waals surface area (Å²) in [5.74, 6) is 0.217. The average molecular weight is 282 g/mol. The molecule has 1 aromatic rings. The summed E-state index contributed by atoms with van der Waals surface area (Å²) in [6.07, 6.45) is 2.43. The number of nitrogens with zero attached hydrogens (tertiary/aromatic N) is 1. The molecular formula is C13H16BrNO. The Morgan fingerprint density at radius 1 is 1.31 bits per heavy atom. The first-order chi connectivity index (χ1) is 7.70. The molecule has 1 aromatic carbocycles. The topological polar surface area (TPSA) is 20.3 Å². The molecule has 86 valence electrons. The SMILES string of the molecule is CC(C(=O)c1ccccc1Br)N1CCCC1. The van der Waals surface area contributed by atoms with Crippen molar-refractivity contribution >= 4 is 21.7 Å². The second-order valence-corrected chi connectivity index (χ2v) is 5.12. The van der Waals surface area contributed by atoms with Crippen LogP contribution in [-0.2, 0) is 0 Å². The van der Waals surface area contributed by atoms with Gasteiger partial charge >= 0.3 is 0 Å². The minimum atomic E-state index is 0.00111. The first-order valence-corrected chi connectivity index (χ1v) is 6.52. The zero-order valence-electron chi connectivity index (χ0n) is 9.45. The number of hydrogen-bond donors (Lipinski definition) is 0. The van der Waals surface area contributed by atoms with Crippen LogP contribution >= 0.6 is 15.9 Å². The first kappa shape index (κ1) is 11.8. The molecule has 2 nitrogen and oxygen atoms in total. The minimum Gasteiger partial charge on any atom is -0.294 e. The highest BCUT2D eigenvalue weighted by Crippen LogP contribution is 2.21. The molecule has 0 bridgehead atoms. The molecule has 1 fully saturated rings. The Kier molecular flexibility index (Phi) is 3.77. The quantitative estimate of drug-likeness (QED) is 0.794. The number of benzene rings is 1. The van der Waals surface area contributed by atoms with Crippen molar-refractivity contribution in [2.45, 2.75) is 25.8 Å². The molecule has 0 N–H and O–H groups in total. The lowest BCUT2D eigenvalue weighted by molar-refractivity contribution is 0.0866. The summed E-state index contributed by atoms with van der Waals surface area (Å²) in [4.78, 5) is 14.5. The highest BCUT2D eigenvalue weighted by molar-refractivity contribution is 9.10. The van der Waals surface area contributed by atoms with E-state index >= 15 is 0 Å². The van der Waals surface area contributed by atoms with E-state index in [0.29, 0.717) is 0 Å². The Bertz CT molecular complexity index is 385. The average Bonchev–Trinajstić information content (AvgIpc) is 2.81. The van der Waals surface area contributed by atoms with Gasteiger partial charge in [0.15, 0.2) is 5.78 Å². The van der Waals surface area contributed by atoms with Gasteiger partial charge in [-0.3, -0.25) is 9.69 Å². The molecule has 1 unspecified atom stereocenters. The zero-order valence-corrected chi connectivity index (χ0v) is 11.0. The summed E-state index contributed by atoms with van der Waals surface area (Å²) in [6, 6.07) is 7.65. The van der Waals surface area contributed by atoms with Gasteiger partial charge in [0.25, 0.3) is 0 Å². The fraction of sp³-hybridized carbons (Fsp3) is 0.462. The van der Waals surface area contributed by atoms with Gasteiger partial charge in [0, 0.05) is 10.0 Å². The van der Waals surface area contributed by atoms with Gasteiger partial charge in [-0.05, 0) is 38.9 Å². The van der Waals surface area contributed by atoms with Gasteiger partial charge < -0.3 is 0 Å². The molecule has 0 amide bonds. The molecule has 0 saturated carbocycles. The highest BCUT2D eigenvalue weighted by atomic mass is 79.9. The summed E-state index contributed by atoms with van der Waals surface area (Å²) >= 11 is 3.43. The number of rotatable bonds is 3. The maximum absolute atomic E-state index is 12.3. The maximum Gasteiger partial charge on any atom is 0.180 e. The van der Waals surface area contributed by atoms with Crippen molar-refractivity contribution in [2.24, 2.45) is 0 Å². The van der Waals surface area contributed by atoms with Crippen LogP contribution in [0.2, 0.25) is 0 Å². The van der Waals surface area contributed by atoms with E-state index in [1.165, 1.54) is 12.8 Å². The number of Topliss-reactive ketones (excluding diaryl/α,β-unsaturated/α-hetero) is 1. The van der Waals surface area contributed by atoms with Crippen molar-refractivity contribution in [3.63, 3.8) is 0 Å². The number of halogens is 1. The van der Waals surface area contributed by atoms with E-state index in [1.54, 1.807) is 0 Å². The third-order valence-electron chi connectivity index (χ3n) is 3.21. The third-order valence-corrected chi connectivity index (χ3v) is 3.90. The van der Waals surface area contributed by atoms with E-state index in [9.17, 15) is 4.79 Å². The van der Waals surface area contributed by atoms with E-state index in [2.05, 4.69) is 20.8 Å². The lowest BCUT2D eigenvalue weighted by Gasteiger charge is -2.22. The Morgan fingerprint density at radius 2 is 1.94 bits per heavy atom. The Balaban J connectivity index is 2.15. The maximum atomic E-state index is 12.3. The monoisotopic (exact) mass is 281 g/mol. The third kappa shape index (κ3) is 2.36. The van der Waals surface area contributed by atoms with Crippen molar-refractivity contribution in [2.75, 3.05) is 13.1 Å². The lowest BCUT2D eigenvalue weighted by atomic mass is 10.0. The number of carbonyl (C=O) groups excluding carboxylic acids is 1. The standard InChI is InChI=1S/C13H16BrNO/c1-10(15-8-4-5-9-15)13(16)11-6-2-3-7-12(11)14/h2-3,6-7,10H,4-5,8-9H2,1H3. The number of carbonyl (C=O) groups is 1. The summed E-state index contributed by atoms with van der Waals surface area (Å²) in [5.41, 5.74) is 0.793. The van der Waals surface area contributed by atoms with Gasteiger partial charge in [-0.1, -0.05) is 34.1 Å². The van der Waals surface area contributed by atoms with E-state index in [1.807, 2.05) is 31.2 Å². The number of ketones is 1. The van der Waals surface area contributed by atoms with Gasteiger partial charge in [0.1, 0.15) is 0 Å². The second kappa shape index (κ2) is 5.11. The molecular weight excluding hydrogens is 266 g/mol. The molecule has 1 saturated heterocycles. The van der Waals surface area contributed by atoms with Crippen molar-refractivity contribution in [3.8, 4) is 0 Å². The van der Waals surface area contributed by atoms with E-state index in [0.717, 1.165) is 23.1 Å². The zero-order chi connectivity index (χ0) is 11.5. The first-order valence-electron chi connectivity index (χ1n) is 5.73. The van der Waals surface area contributed by atoms with Crippen LogP contribution in [0.4, 0.5) is 0 Å². The van der Waals surface area contributed by atoms with Crippen molar-refractivity contribution in [3.05, 3.63) is 34.3 Å².